The van der Waals surface area contributed by atoms with Crippen LogP contribution in [0.4, 0.5) is 0 Å². The highest BCUT2D eigenvalue weighted by atomic mass is 14.2. The second kappa shape index (κ2) is 8.32. The maximum Gasteiger partial charge on any atom is 0.0337 e. The van der Waals surface area contributed by atoms with Crippen LogP contribution in [0, 0.1) is 36.4 Å². The Kier molecular flexibility index (Phi) is 4.79. The summed E-state index contributed by atoms with van der Waals surface area (Å²) in [6.07, 6.45) is 0. The summed E-state index contributed by atoms with van der Waals surface area (Å²) in [5.41, 5.74) is 1.30. The summed E-state index contributed by atoms with van der Waals surface area (Å²) in [7, 11) is 0. The van der Waals surface area contributed by atoms with Gasteiger partial charge in [-0.3, -0.25) is 0 Å². The van der Waals surface area contributed by atoms with Gasteiger partial charge in [0.1, 0.15) is 0 Å². The maximum atomic E-state index is 3.57. The minimum absolute atomic E-state index is 0.305. The fourth-order valence-corrected chi connectivity index (χ4v) is 5.66. The first kappa shape index (κ1) is 21.3. The Bertz CT molecular complexity index is 2060. The lowest BCUT2D eigenvalue weighted by Gasteiger charge is -2.15. The zero-order chi connectivity index (χ0) is 24.9. The largest absolute Gasteiger partial charge is 0.0610 e. The van der Waals surface area contributed by atoms with E-state index in [1.807, 2.05) is 0 Å². The van der Waals surface area contributed by atoms with E-state index in [2.05, 4.69) is 141 Å². The van der Waals surface area contributed by atoms with Gasteiger partial charge in [-0.15, -0.1) is 0 Å². The predicted molar refractivity (Wildman–Crippen MR) is 156 cm³/mol. The van der Waals surface area contributed by atoms with Crippen LogP contribution in [0.15, 0.2) is 91.0 Å². The molecule has 7 aromatic rings. The molecule has 0 heterocycles. The van der Waals surface area contributed by atoms with Crippen molar-refractivity contribution < 1.29 is 0 Å². The summed E-state index contributed by atoms with van der Waals surface area (Å²) < 4.78 is 0. The fourth-order valence-electron chi connectivity index (χ4n) is 5.66. The number of hydrogen-bond acceptors (Lipinski definition) is 0. The van der Waals surface area contributed by atoms with E-state index in [9.17, 15) is 0 Å². The Balaban J connectivity index is 1.75. The molecular weight excluding hydrogens is 444 g/mol. The highest BCUT2D eigenvalue weighted by Gasteiger charge is 2.13. The molecule has 0 aromatic heterocycles. The number of hydrogen-bond donors (Lipinski definition) is 0. The Morgan fingerprint density at radius 2 is 0.892 bits per heavy atom. The van der Waals surface area contributed by atoms with Crippen molar-refractivity contribution in [2.45, 2.75) is 19.8 Å². The normalized spacial score (nSPS) is 11.1. The molecule has 7 aromatic carbocycles. The first-order chi connectivity index (χ1) is 18.2. The van der Waals surface area contributed by atoms with Crippen molar-refractivity contribution in [3.05, 3.63) is 133 Å². The lowest BCUT2D eigenvalue weighted by atomic mass is 9.88. The molecule has 0 saturated heterocycles. The minimum atomic E-state index is 0.305. The van der Waals surface area contributed by atoms with Crippen molar-refractivity contribution in [1.29, 1.82) is 0 Å². The van der Waals surface area contributed by atoms with Crippen molar-refractivity contribution in [3.8, 4) is 0 Å². The van der Waals surface area contributed by atoms with Gasteiger partial charge in [0.25, 0.3) is 0 Å². The van der Waals surface area contributed by atoms with E-state index >= 15 is 0 Å². The first-order valence-electron chi connectivity index (χ1n) is 12.7. The fraction of sp³-hybridized carbons (Fsp3) is 0.0811. The quantitative estimate of drug-likeness (QED) is 0.211. The molecule has 0 unspecified atom stereocenters. The van der Waals surface area contributed by atoms with Gasteiger partial charge >= 0.3 is 0 Å². The van der Waals surface area contributed by atoms with Crippen LogP contribution in [0.25, 0.3) is 64.6 Å². The molecule has 0 saturated carbocycles. The topological polar surface area (TPSA) is 0 Å². The standard InChI is InChI=1S/C37H22/c1-24(2)35-36-27-10-4-3-9-25-11-5-15-29-21-30-16-6-12-26(34(30)23-33(25)29)19-20-28-14-8-18-32(37(28)35)22-31(36)17-7-13-27/h5-8,11-18,21-24H,1-2H3. The van der Waals surface area contributed by atoms with Gasteiger partial charge < -0.3 is 0 Å². The summed E-state index contributed by atoms with van der Waals surface area (Å²) in [4.78, 5) is 0. The summed E-state index contributed by atoms with van der Waals surface area (Å²) in [6, 6.07) is 52.3. The molecule has 0 aliphatic carbocycles. The van der Waals surface area contributed by atoms with Crippen LogP contribution in [0.2, 0.25) is 0 Å². The van der Waals surface area contributed by atoms with Gasteiger partial charge in [-0.05, 0) is 98.4 Å². The van der Waals surface area contributed by atoms with Crippen molar-refractivity contribution >= 4 is 64.6 Å². The van der Waals surface area contributed by atoms with Crippen LogP contribution >= 0.6 is 0 Å². The second-order valence-electron chi connectivity index (χ2n) is 9.91. The Morgan fingerprint density at radius 3 is 1.49 bits per heavy atom. The molecule has 0 radical (unpaired) electrons. The third kappa shape index (κ3) is 3.46. The SMILES string of the molecule is CC(C)c1c2c3c#cc#cc4cccc5cc6cccc(c#cc7cccc(cc2ccc3)c17)c6cc45. The van der Waals surface area contributed by atoms with Crippen molar-refractivity contribution in [2.75, 3.05) is 0 Å². The van der Waals surface area contributed by atoms with Gasteiger partial charge in [0, 0.05) is 32.3 Å². The van der Waals surface area contributed by atoms with E-state index in [1.54, 1.807) is 0 Å². The smallest absolute Gasteiger partial charge is 0.0337 e. The van der Waals surface area contributed by atoms with Crippen LogP contribution in [-0.4, -0.2) is 0 Å². The molecule has 37 heavy (non-hydrogen) atoms. The van der Waals surface area contributed by atoms with Gasteiger partial charge in [0.2, 0.25) is 0 Å². The average Bonchev–Trinajstić information content (AvgIpc) is 2.91. The number of rotatable bonds is 1. The zero-order valence-electron chi connectivity index (χ0n) is 20.7. The van der Waals surface area contributed by atoms with E-state index in [4.69, 9.17) is 0 Å². The monoisotopic (exact) mass is 466 g/mol. The Hall–Kier alpha value is -4.96. The molecule has 4 bridgehead atoms. The molecule has 170 valence electrons. The predicted octanol–water partition coefficient (Wildman–Crippen LogP) is 9.65. The third-order valence-electron chi connectivity index (χ3n) is 7.29. The number of benzene rings is 6. The molecule has 0 aliphatic rings. The highest BCUT2D eigenvalue weighted by Crippen LogP contribution is 2.37. The average molecular weight is 467 g/mol. The van der Waals surface area contributed by atoms with E-state index in [1.165, 1.54) is 37.9 Å². The van der Waals surface area contributed by atoms with E-state index in [0.29, 0.717) is 5.92 Å². The molecule has 0 fully saturated rings. The third-order valence-corrected chi connectivity index (χ3v) is 7.29. The molecule has 0 nitrogen and oxygen atoms in total. The Morgan fingerprint density at radius 1 is 0.459 bits per heavy atom. The lowest BCUT2D eigenvalue weighted by molar-refractivity contribution is 0.886. The van der Waals surface area contributed by atoms with Gasteiger partial charge in [0.15, 0.2) is 0 Å². The van der Waals surface area contributed by atoms with Crippen LogP contribution in [0.3, 0.4) is 0 Å². The van der Waals surface area contributed by atoms with Gasteiger partial charge in [-0.25, -0.2) is 0 Å². The molecule has 0 amide bonds. The van der Waals surface area contributed by atoms with Crippen LogP contribution < -0.4 is 0 Å². The first-order valence-corrected chi connectivity index (χ1v) is 12.7. The molecule has 0 atom stereocenters. The minimum Gasteiger partial charge on any atom is -0.0610 e. The summed E-state index contributed by atoms with van der Waals surface area (Å²) in [5.74, 6) is 0.305. The maximum absolute atomic E-state index is 3.57. The van der Waals surface area contributed by atoms with Crippen LogP contribution in [-0.2, 0) is 0 Å². The summed E-state index contributed by atoms with van der Waals surface area (Å²) in [5, 5.41) is 13.5. The lowest BCUT2D eigenvalue weighted by Crippen LogP contribution is -1.93. The molecule has 7 rings (SSSR count). The zero-order valence-corrected chi connectivity index (χ0v) is 20.7. The molecule has 0 spiro atoms. The molecule has 0 heteroatoms. The van der Waals surface area contributed by atoms with Crippen molar-refractivity contribution in [1.82, 2.24) is 0 Å². The van der Waals surface area contributed by atoms with Gasteiger partial charge in [0.05, 0.1) is 0 Å². The van der Waals surface area contributed by atoms with Crippen molar-refractivity contribution in [2.24, 2.45) is 0 Å². The van der Waals surface area contributed by atoms with Crippen molar-refractivity contribution in [3.63, 3.8) is 0 Å². The molecule has 0 N–H and O–H groups in total. The van der Waals surface area contributed by atoms with Crippen LogP contribution in [0.1, 0.15) is 25.3 Å². The van der Waals surface area contributed by atoms with Crippen LogP contribution in [0.5, 0.6) is 0 Å². The second-order valence-corrected chi connectivity index (χ2v) is 9.91. The highest BCUT2D eigenvalue weighted by molar-refractivity contribution is 6.14. The van der Waals surface area contributed by atoms with Gasteiger partial charge in [-0.1, -0.05) is 86.6 Å². The van der Waals surface area contributed by atoms with E-state index < -0.39 is 0 Å². The summed E-state index contributed by atoms with van der Waals surface area (Å²) >= 11 is 0. The molecule has 0 aliphatic heterocycles. The van der Waals surface area contributed by atoms with E-state index in [0.717, 1.165) is 32.3 Å². The molecular formula is C37H22. The van der Waals surface area contributed by atoms with E-state index in [-0.39, 0.29) is 0 Å². The van der Waals surface area contributed by atoms with Gasteiger partial charge in [-0.2, -0.15) is 0 Å². The Labute approximate surface area is 217 Å². The summed E-state index contributed by atoms with van der Waals surface area (Å²) in [6.45, 7) is 4.52.